The standard InChI is InChI=1S/C28H40S/c1-18-20-11-10-12-21-14-24(28(6,7)8)17-25(19(21)2)26(29-9)16-22(18)15-23(13-20)27(3,4)5/h13-15,17,26H,10-12,16H2,1-9H3. The van der Waals surface area contributed by atoms with Gasteiger partial charge in [0.15, 0.2) is 0 Å². The Kier molecular flexibility index (Phi) is 6.31. The second-order valence-corrected chi connectivity index (χ2v) is 12.1. The van der Waals surface area contributed by atoms with E-state index in [2.05, 4.69) is 85.9 Å². The fourth-order valence-corrected chi connectivity index (χ4v) is 5.40. The molecule has 0 radical (unpaired) electrons. The molecule has 158 valence electrons. The lowest BCUT2D eigenvalue weighted by Crippen LogP contribution is -2.15. The summed E-state index contributed by atoms with van der Waals surface area (Å²) in [6, 6.07) is 10.0. The molecule has 1 atom stereocenters. The van der Waals surface area contributed by atoms with Gasteiger partial charge in [0.1, 0.15) is 0 Å². The van der Waals surface area contributed by atoms with Crippen LogP contribution in [0.2, 0.25) is 0 Å². The highest BCUT2D eigenvalue weighted by Gasteiger charge is 2.24. The average Bonchev–Trinajstić information content (AvgIpc) is 2.61. The Morgan fingerprint density at radius 3 is 1.72 bits per heavy atom. The van der Waals surface area contributed by atoms with Crippen LogP contribution in [0.5, 0.6) is 0 Å². The number of benzene rings is 2. The molecule has 0 aliphatic heterocycles. The van der Waals surface area contributed by atoms with Crippen molar-refractivity contribution in [1.82, 2.24) is 0 Å². The van der Waals surface area contributed by atoms with E-state index in [1.165, 1.54) is 41.5 Å². The van der Waals surface area contributed by atoms with E-state index in [4.69, 9.17) is 0 Å². The largest absolute Gasteiger partial charge is 0.157 e. The van der Waals surface area contributed by atoms with Gasteiger partial charge in [-0.05, 0) is 101 Å². The first kappa shape index (κ1) is 22.5. The molecule has 2 aromatic carbocycles. The first-order valence-corrected chi connectivity index (χ1v) is 12.5. The fourth-order valence-electron chi connectivity index (χ4n) is 4.56. The van der Waals surface area contributed by atoms with Crippen LogP contribution in [-0.4, -0.2) is 6.26 Å². The van der Waals surface area contributed by atoms with Crippen LogP contribution >= 0.6 is 11.8 Å². The molecular weight excluding hydrogens is 368 g/mol. The number of thioether (sulfide) groups is 1. The van der Waals surface area contributed by atoms with Gasteiger partial charge in [0.2, 0.25) is 0 Å². The number of fused-ring (bicyclic) bond motifs is 4. The van der Waals surface area contributed by atoms with Gasteiger partial charge in [0, 0.05) is 5.25 Å². The van der Waals surface area contributed by atoms with Gasteiger partial charge < -0.3 is 0 Å². The Bertz CT molecular complexity index is 890. The minimum absolute atomic E-state index is 0.188. The van der Waals surface area contributed by atoms with E-state index in [9.17, 15) is 0 Å². The molecule has 1 unspecified atom stereocenters. The molecule has 29 heavy (non-hydrogen) atoms. The van der Waals surface area contributed by atoms with Crippen LogP contribution in [0, 0.1) is 13.8 Å². The van der Waals surface area contributed by atoms with Crippen LogP contribution in [0.15, 0.2) is 24.3 Å². The molecule has 4 bridgehead atoms. The third-order valence-corrected chi connectivity index (χ3v) is 7.83. The van der Waals surface area contributed by atoms with E-state index < -0.39 is 0 Å². The van der Waals surface area contributed by atoms with Crippen LogP contribution < -0.4 is 0 Å². The van der Waals surface area contributed by atoms with E-state index in [0.717, 1.165) is 6.42 Å². The lowest BCUT2D eigenvalue weighted by atomic mass is 9.81. The minimum Gasteiger partial charge on any atom is -0.157 e. The highest BCUT2D eigenvalue weighted by molar-refractivity contribution is 7.98. The lowest BCUT2D eigenvalue weighted by molar-refractivity contribution is 0.587. The first-order chi connectivity index (χ1) is 13.4. The molecule has 0 aromatic heterocycles. The normalized spacial score (nSPS) is 17.8. The maximum absolute atomic E-state index is 2.52. The van der Waals surface area contributed by atoms with Crippen molar-refractivity contribution in [2.75, 3.05) is 6.26 Å². The Labute approximate surface area is 183 Å². The van der Waals surface area contributed by atoms with E-state index in [0.29, 0.717) is 5.25 Å². The second kappa shape index (κ2) is 8.14. The van der Waals surface area contributed by atoms with Crippen molar-refractivity contribution in [1.29, 1.82) is 0 Å². The van der Waals surface area contributed by atoms with Crippen molar-refractivity contribution in [2.45, 2.75) is 97.2 Å². The monoisotopic (exact) mass is 408 g/mol. The third-order valence-electron chi connectivity index (χ3n) is 6.84. The first-order valence-electron chi connectivity index (χ1n) is 11.2. The van der Waals surface area contributed by atoms with E-state index >= 15 is 0 Å². The third kappa shape index (κ3) is 4.76. The van der Waals surface area contributed by atoms with E-state index in [-0.39, 0.29) is 10.8 Å². The van der Waals surface area contributed by atoms with Gasteiger partial charge in [-0.2, -0.15) is 11.8 Å². The Balaban J connectivity index is 2.19. The topological polar surface area (TPSA) is 0 Å². The molecule has 1 heteroatoms. The summed E-state index contributed by atoms with van der Waals surface area (Å²) in [5, 5.41) is 0.510. The molecule has 0 spiro atoms. The zero-order valence-corrected chi connectivity index (χ0v) is 20.9. The Hall–Kier alpha value is -1.21. The summed E-state index contributed by atoms with van der Waals surface area (Å²) in [4.78, 5) is 0. The van der Waals surface area contributed by atoms with Crippen molar-refractivity contribution in [3.05, 3.63) is 68.8 Å². The smallest absolute Gasteiger partial charge is 0.0337 e. The van der Waals surface area contributed by atoms with Crippen LogP contribution in [0.4, 0.5) is 0 Å². The summed E-state index contributed by atoms with van der Waals surface area (Å²) >= 11 is 2.02. The number of hydrogen-bond donors (Lipinski definition) is 0. The predicted octanol–water partition coefficient (Wildman–Crippen LogP) is 8.03. The van der Waals surface area contributed by atoms with E-state index in [1.807, 2.05) is 11.8 Å². The Morgan fingerprint density at radius 2 is 1.21 bits per heavy atom. The van der Waals surface area contributed by atoms with Gasteiger partial charge in [0.05, 0.1) is 0 Å². The zero-order chi connectivity index (χ0) is 21.6. The van der Waals surface area contributed by atoms with Gasteiger partial charge in [-0.3, -0.25) is 0 Å². The van der Waals surface area contributed by atoms with Crippen molar-refractivity contribution in [2.24, 2.45) is 0 Å². The van der Waals surface area contributed by atoms with Gasteiger partial charge in [-0.15, -0.1) is 0 Å². The SMILES string of the molecule is CSC1Cc2cc(C(C)(C)C)cc(c2C)CCCc2cc(C(C)(C)C)cc1c2C. The minimum atomic E-state index is 0.188. The average molecular weight is 409 g/mol. The predicted molar refractivity (Wildman–Crippen MR) is 132 cm³/mol. The molecule has 0 heterocycles. The van der Waals surface area contributed by atoms with Gasteiger partial charge >= 0.3 is 0 Å². The summed E-state index contributed by atoms with van der Waals surface area (Å²) in [7, 11) is 0. The molecule has 0 amide bonds. The lowest BCUT2D eigenvalue weighted by Gasteiger charge is -2.27. The van der Waals surface area contributed by atoms with Crippen LogP contribution in [0.3, 0.4) is 0 Å². The molecule has 0 saturated carbocycles. The van der Waals surface area contributed by atoms with Crippen molar-refractivity contribution in [3.63, 3.8) is 0 Å². The summed E-state index contributed by atoms with van der Waals surface area (Å²) < 4.78 is 0. The van der Waals surface area contributed by atoms with Crippen molar-refractivity contribution >= 4 is 11.8 Å². The highest BCUT2D eigenvalue weighted by atomic mass is 32.2. The molecule has 0 fully saturated rings. The van der Waals surface area contributed by atoms with Crippen LogP contribution in [0.1, 0.15) is 97.7 Å². The molecule has 0 N–H and O–H groups in total. The van der Waals surface area contributed by atoms with Gasteiger partial charge in [0.25, 0.3) is 0 Å². The van der Waals surface area contributed by atoms with E-state index in [1.54, 1.807) is 22.3 Å². The van der Waals surface area contributed by atoms with Crippen molar-refractivity contribution < 1.29 is 0 Å². The molecule has 1 aliphatic carbocycles. The zero-order valence-electron chi connectivity index (χ0n) is 20.1. The molecule has 2 aromatic rings. The summed E-state index contributed by atoms with van der Waals surface area (Å²) in [6.45, 7) is 18.8. The maximum Gasteiger partial charge on any atom is 0.0337 e. The molecule has 1 aliphatic rings. The van der Waals surface area contributed by atoms with Crippen LogP contribution in [0.25, 0.3) is 0 Å². The van der Waals surface area contributed by atoms with Crippen LogP contribution in [-0.2, 0) is 30.1 Å². The molecule has 3 rings (SSSR count). The quantitative estimate of drug-likeness (QED) is 0.460. The van der Waals surface area contributed by atoms with Gasteiger partial charge in [-0.25, -0.2) is 0 Å². The molecule has 0 nitrogen and oxygen atoms in total. The summed E-state index contributed by atoms with van der Waals surface area (Å²) in [5.74, 6) is 0. The molecular formula is C28H40S. The van der Waals surface area contributed by atoms with Gasteiger partial charge in [-0.1, -0.05) is 65.8 Å². The fraction of sp³-hybridized carbons (Fsp3) is 0.571. The summed E-state index contributed by atoms with van der Waals surface area (Å²) in [6.07, 6.45) is 7.00. The maximum atomic E-state index is 2.52. The summed E-state index contributed by atoms with van der Waals surface area (Å²) in [5.41, 5.74) is 12.7. The number of aryl methyl sites for hydroxylation is 2. The van der Waals surface area contributed by atoms with Crippen molar-refractivity contribution in [3.8, 4) is 0 Å². The number of rotatable bonds is 1. The number of hydrogen-bond acceptors (Lipinski definition) is 1. The Morgan fingerprint density at radius 1 is 0.724 bits per heavy atom. The highest BCUT2D eigenvalue weighted by Crippen LogP contribution is 2.40. The molecule has 0 saturated heterocycles. The second-order valence-electron chi connectivity index (χ2n) is 11.1.